The van der Waals surface area contributed by atoms with Crippen molar-refractivity contribution in [2.45, 2.75) is 6.92 Å². The van der Waals surface area contributed by atoms with Crippen molar-refractivity contribution in [3.05, 3.63) is 58.6 Å². The van der Waals surface area contributed by atoms with Crippen molar-refractivity contribution >= 4 is 28.4 Å². The molecule has 3 aromatic rings. The van der Waals surface area contributed by atoms with Crippen molar-refractivity contribution in [2.24, 2.45) is 5.84 Å². The van der Waals surface area contributed by atoms with Crippen LogP contribution in [0, 0.1) is 6.92 Å². The highest BCUT2D eigenvalue weighted by Gasteiger charge is 2.15. The number of aryl methyl sites for hydroxylation is 1. The predicted molar refractivity (Wildman–Crippen MR) is 90.2 cm³/mol. The Kier molecular flexibility index (Phi) is 3.90. The van der Waals surface area contributed by atoms with Crippen LogP contribution in [0.1, 0.15) is 15.9 Å². The summed E-state index contributed by atoms with van der Waals surface area (Å²) < 4.78 is 0. The number of pyridine rings is 1. The lowest BCUT2D eigenvalue weighted by molar-refractivity contribution is 0.0955. The summed E-state index contributed by atoms with van der Waals surface area (Å²) in [7, 11) is 0. The first-order valence-corrected chi connectivity index (χ1v) is 7.29. The van der Waals surface area contributed by atoms with Crippen molar-refractivity contribution in [1.82, 2.24) is 10.4 Å². The molecule has 1 amide bonds. The van der Waals surface area contributed by atoms with Crippen LogP contribution in [0.5, 0.6) is 5.75 Å². The minimum atomic E-state index is -0.416. The van der Waals surface area contributed by atoms with Crippen molar-refractivity contribution < 1.29 is 9.90 Å². The number of hydrazine groups is 1. The van der Waals surface area contributed by atoms with Crippen LogP contribution >= 0.6 is 11.6 Å². The summed E-state index contributed by atoms with van der Waals surface area (Å²) in [6.07, 6.45) is 0. The molecule has 0 aliphatic carbocycles. The van der Waals surface area contributed by atoms with E-state index >= 15 is 0 Å². The van der Waals surface area contributed by atoms with E-state index in [1.807, 2.05) is 6.92 Å². The van der Waals surface area contributed by atoms with Gasteiger partial charge in [0.2, 0.25) is 0 Å². The highest BCUT2D eigenvalue weighted by atomic mass is 35.5. The van der Waals surface area contributed by atoms with E-state index in [2.05, 4.69) is 10.4 Å². The van der Waals surface area contributed by atoms with Gasteiger partial charge in [-0.15, -0.1) is 0 Å². The molecule has 1 heterocycles. The number of nitrogen functional groups attached to an aromatic ring is 1. The molecule has 0 bridgehead atoms. The lowest BCUT2D eigenvalue weighted by atomic mass is 10.0. The second-order valence-electron chi connectivity index (χ2n) is 5.15. The van der Waals surface area contributed by atoms with Crippen LogP contribution in [-0.4, -0.2) is 16.0 Å². The average molecular weight is 328 g/mol. The molecule has 5 nitrogen and oxygen atoms in total. The Labute approximate surface area is 137 Å². The third kappa shape index (κ3) is 2.72. The largest absolute Gasteiger partial charge is 0.508 e. The van der Waals surface area contributed by atoms with E-state index < -0.39 is 5.91 Å². The van der Waals surface area contributed by atoms with E-state index in [0.29, 0.717) is 32.7 Å². The number of nitrogens with two attached hydrogens (primary N) is 1. The van der Waals surface area contributed by atoms with Gasteiger partial charge in [-0.3, -0.25) is 10.2 Å². The Balaban J connectivity index is 2.36. The third-order valence-electron chi connectivity index (χ3n) is 3.69. The Morgan fingerprint density at radius 2 is 2.04 bits per heavy atom. The third-order valence-corrected chi connectivity index (χ3v) is 4.10. The number of amides is 1. The molecule has 0 unspecified atom stereocenters. The van der Waals surface area contributed by atoms with Crippen LogP contribution in [0.15, 0.2) is 42.5 Å². The second kappa shape index (κ2) is 5.87. The number of rotatable bonds is 2. The maximum Gasteiger partial charge on any atom is 0.265 e. The number of nitrogens with one attached hydrogen (secondary N) is 1. The summed E-state index contributed by atoms with van der Waals surface area (Å²) in [5, 5.41) is 10.9. The molecular formula is C17H14ClN3O2. The number of aromatic nitrogens is 1. The minimum absolute atomic E-state index is 0.122. The Hall–Kier alpha value is -2.63. The van der Waals surface area contributed by atoms with Gasteiger partial charge >= 0.3 is 0 Å². The van der Waals surface area contributed by atoms with Gasteiger partial charge in [0.1, 0.15) is 5.75 Å². The minimum Gasteiger partial charge on any atom is -0.508 e. The fraction of sp³-hybridized carbons (Fsp3) is 0.0588. The average Bonchev–Trinajstić information content (AvgIpc) is 2.56. The summed E-state index contributed by atoms with van der Waals surface area (Å²) in [6, 6.07) is 11.8. The molecule has 0 aliphatic rings. The molecule has 0 saturated heterocycles. The van der Waals surface area contributed by atoms with Crippen LogP contribution in [0.25, 0.3) is 22.2 Å². The van der Waals surface area contributed by atoms with Gasteiger partial charge in [0.25, 0.3) is 5.91 Å². The normalized spacial score (nSPS) is 10.7. The smallest absolute Gasteiger partial charge is 0.265 e. The van der Waals surface area contributed by atoms with Gasteiger partial charge in [-0.2, -0.15) is 0 Å². The van der Waals surface area contributed by atoms with E-state index in [4.69, 9.17) is 17.4 Å². The number of phenols is 1. The molecule has 1 aromatic heterocycles. The summed E-state index contributed by atoms with van der Waals surface area (Å²) in [6.45, 7) is 1.84. The van der Waals surface area contributed by atoms with Crippen molar-refractivity contribution in [3.63, 3.8) is 0 Å². The van der Waals surface area contributed by atoms with Crippen molar-refractivity contribution in [3.8, 4) is 17.0 Å². The fourth-order valence-electron chi connectivity index (χ4n) is 2.48. The molecule has 2 aromatic carbocycles. The molecule has 3 rings (SSSR count). The quantitative estimate of drug-likeness (QED) is 0.383. The van der Waals surface area contributed by atoms with Gasteiger partial charge in [0.05, 0.1) is 16.8 Å². The number of nitrogens with zero attached hydrogens (tertiary/aromatic N) is 1. The molecule has 0 spiro atoms. The monoisotopic (exact) mass is 327 g/mol. The molecule has 0 radical (unpaired) electrons. The number of benzene rings is 2. The number of hydrogen-bond donors (Lipinski definition) is 3. The molecule has 116 valence electrons. The number of aromatic hydroxyl groups is 1. The van der Waals surface area contributed by atoms with Gasteiger partial charge in [-0.05, 0) is 36.8 Å². The van der Waals surface area contributed by atoms with Crippen molar-refractivity contribution in [2.75, 3.05) is 0 Å². The van der Waals surface area contributed by atoms with Gasteiger partial charge in [-0.1, -0.05) is 29.8 Å². The summed E-state index contributed by atoms with van der Waals surface area (Å²) in [5.41, 5.74) is 5.19. The van der Waals surface area contributed by atoms with Crippen LogP contribution in [-0.2, 0) is 0 Å². The number of carbonyl (C=O) groups excluding carboxylic acids is 1. The number of fused-ring (bicyclic) bond motifs is 1. The number of phenolic OH excluding ortho intramolecular Hbond substituents is 1. The van der Waals surface area contributed by atoms with Gasteiger partial charge in [0.15, 0.2) is 0 Å². The molecule has 4 N–H and O–H groups in total. The van der Waals surface area contributed by atoms with E-state index in [-0.39, 0.29) is 5.75 Å². The first-order chi connectivity index (χ1) is 11.0. The molecule has 6 heteroatoms. The van der Waals surface area contributed by atoms with E-state index in [9.17, 15) is 9.90 Å². The summed E-state index contributed by atoms with van der Waals surface area (Å²) >= 11 is 6.17. The molecule has 0 atom stereocenters. The molecular weight excluding hydrogens is 314 g/mol. The number of halogens is 1. The lowest BCUT2D eigenvalue weighted by Gasteiger charge is -2.11. The molecule has 0 fully saturated rings. The van der Waals surface area contributed by atoms with Crippen molar-refractivity contribution in [1.29, 1.82) is 0 Å². The van der Waals surface area contributed by atoms with Crippen LogP contribution < -0.4 is 11.3 Å². The van der Waals surface area contributed by atoms with Crippen LogP contribution in [0.2, 0.25) is 5.02 Å². The predicted octanol–water partition coefficient (Wildman–Crippen LogP) is 3.17. The SMILES string of the molecule is Cc1c(Cl)ccc2c(C(=O)NN)cc(-c3cccc(O)c3)nc12. The maximum absolute atomic E-state index is 12.1. The Morgan fingerprint density at radius 1 is 1.26 bits per heavy atom. The number of carbonyl (C=O) groups is 1. The highest BCUT2D eigenvalue weighted by molar-refractivity contribution is 6.32. The first-order valence-electron chi connectivity index (χ1n) is 6.91. The lowest BCUT2D eigenvalue weighted by Crippen LogP contribution is -2.30. The van der Waals surface area contributed by atoms with E-state index in [0.717, 1.165) is 5.56 Å². The zero-order chi connectivity index (χ0) is 16.6. The Morgan fingerprint density at radius 3 is 2.74 bits per heavy atom. The van der Waals surface area contributed by atoms with E-state index in [1.165, 1.54) is 0 Å². The van der Waals surface area contributed by atoms with Gasteiger partial charge < -0.3 is 5.11 Å². The zero-order valence-electron chi connectivity index (χ0n) is 12.3. The standard InChI is InChI=1S/C17H14ClN3O2/c1-9-14(18)6-5-12-13(17(23)21-19)8-15(20-16(9)12)10-3-2-4-11(22)7-10/h2-8,22H,19H2,1H3,(H,21,23). The summed E-state index contributed by atoms with van der Waals surface area (Å²) in [5.74, 6) is 5.00. The van der Waals surface area contributed by atoms with Crippen LogP contribution in [0.4, 0.5) is 0 Å². The summed E-state index contributed by atoms with van der Waals surface area (Å²) in [4.78, 5) is 16.7. The first kappa shape index (κ1) is 15.3. The Bertz CT molecular complexity index is 925. The van der Waals surface area contributed by atoms with E-state index in [1.54, 1.807) is 42.5 Å². The fourth-order valence-corrected chi connectivity index (χ4v) is 2.64. The number of hydrogen-bond acceptors (Lipinski definition) is 4. The zero-order valence-corrected chi connectivity index (χ0v) is 13.1. The molecule has 23 heavy (non-hydrogen) atoms. The topological polar surface area (TPSA) is 88.2 Å². The van der Waals surface area contributed by atoms with Gasteiger partial charge in [-0.25, -0.2) is 10.8 Å². The molecule has 0 saturated carbocycles. The second-order valence-corrected chi connectivity index (χ2v) is 5.55. The molecule has 0 aliphatic heterocycles. The van der Waals surface area contributed by atoms with Gasteiger partial charge in [0, 0.05) is 16.0 Å². The highest BCUT2D eigenvalue weighted by Crippen LogP contribution is 2.30. The van der Waals surface area contributed by atoms with Crippen LogP contribution in [0.3, 0.4) is 0 Å². The maximum atomic E-state index is 12.1.